The van der Waals surface area contributed by atoms with Crippen LogP contribution < -0.4 is 4.40 Å². The summed E-state index contributed by atoms with van der Waals surface area (Å²) in [5.41, 5.74) is 9.27. The molecule has 1 aliphatic rings. The molecule has 0 saturated heterocycles. The molecule has 0 saturated carbocycles. The molecule has 0 aliphatic heterocycles. The molecule has 32 heavy (non-hydrogen) atoms. The number of benzene rings is 3. The van der Waals surface area contributed by atoms with Gasteiger partial charge in [-0.2, -0.15) is 0 Å². The van der Waals surface area contributed by atoms with E-state index in [2.05, 4.69) is 106 Å². The molecule has 1 nitrogen and oxygen atoms in total. The van der Waals surface area contributed by atoms with Gasteiger partial charge in [0.15, 0.2) is 0 Å². The molecule has 0 amide bonds. The number of aromatic nitrogens is 1. The fraction of sp³-hybridized carbons (Fsp3) is 0.300. The number of hydrogen-bond donors (Lipinski definition) is 0. The Hall–Kier alpha value is -2.39. The van der Waals surface area contributed by atoms with E-state index < -0.39 is 13.3 Å². The van der Waals surface area contributed by atoms with Crippen LogP contribution in [0.1, 0.15) is 50.3 Å². The second-order valence-electron chi connectivity index (χ2n) is 11.2. The van der Waals surface area contributed by atoms with Gasteiger partial charge in [-0.25, -0.2) is 0 Å². The molecular weight excluding hydrogens is 447 g/mol. The Morgan fingerprint density at radius 1 is 0.844 bits per heavy atom. The Morgan fingerprint density at radius 3 is 2.31 bits per heavy atom. The first-order valence-corrected chi connectivity index (χ1v) is 19.1. The summed E-state index contributed by atoms with van der Waals surface area (Å²) in [4.78, 5) is 4.99. The molecule has 5 rings (SSSR count). The number of hydrogen-bond acceptors (Lipinski definition) is 1. The van der Waals surface area contributed by atoms with Crippen molar-refractivity contribution in [2.24, 2.45) is 0 Å². The minimum absolute atomic E-state index is 0.0681. The van der Waals surface area contributed by atoms with Gasteiger partial charge < -0.3 is 0 Å². The molecule has 4 aromatic rings. The van der Waals surface area contributed by atoms with Crippen LogP contribution in [0.5, 0.6) is 0 Å². The van der Waals surface area contributed by atoms with Crippen LogP contribution in [0.15, 0.2) is 66.9 Å². The van der Waals surface area contributed by atoms with Crippen molar-refractivity contribution in [2.45, 2.75) is 56.3 Å². The molecular formula is C30H33GeN. The summed E-state index contributed by atoms with van der Waals surface area (Å²) in [5, 5.41) is 2.65. The predicted octanol–water partition coefficient (Wildman–Crippen LogP) is 7.88. The van der Waals surface area contributed by atoms with Gasteiger partial charge in [-0.15, -0.1) is 0 Å². The summed E-state index contributed by atoms with van der Waals surface area (Å²) in [6.45, 7) is 9.33. The summed E-state index contributed by atoms with van der Waals surface area (Å²) < 4.78 is 1.58. The van der Waals surface area contributed by atoms with E-state index in [1.54, 1.807) is 4.40 Å². The van der Waals surface area contributed by atoms with E-state index in [1.807, 2.05) is 6.20 Å². The molecule has 0 fully saturated rings. The summed E-state index contributed by atoms with van der Waals surface area (Å²) in [6.07, 6.45) is 2.00. The third kappa shape index (κ3) is 3.25. The van der Waals surface area contributed by atoms with Gasteiger partial charge in [0.2, 0.25) is 0 Å². The zero-order valence-corrected chi connectivity index (χ0v) is 22.5. The van der Waals surface area contributed by atoms with E-state index in [9.17, 15) is 0 Å². The maximum absolute atomic E-state index is 4.99. The molecule has 162 valence electrons. The molecule has 0 atom stereocenters. The van der Waals surface area contributed by atoms with Crippen LogP contribution in [0.2, 0.25) is 17.3 Å². The van der Waals surface area contributed by atoms with Crippen LogP contribution >= 0.6 is 0 Å². The number of rotatable bonds is 3. The van der Waals surface area contributed by atoms with Gasteiger partial charge in [0.25, 0.3) is 0 Å². The molecule has 0 N–H and O–H groups in total. The Kier molecular flexibility index (Phi) is 4.90. The first kappa shape index (κ1) is 21.5. The van der Waals surface area contributed by atoms with Gasteiger partial charge in [0.05, 0.1) is 0 Å². The van der Waals surface area contributed by atoms with Crippen molar-refractivity contribution >= 4 is 28.4 Å². The number of fused-ring (bicyclic) bond motifs is 4. The molecule has 1 heterocycles. The summed E-state index contributed by atoms with van der Waals surface area (Å²) in [7, 11) is 0. The van der Waals surface area contributed by atoms with E-state index >= 15 is 0 Å². The second-order valence-corrected chi connectivity index (χ2v) is 21.8. The van der Waals surface area contributed by atoms with Crippen LogP contribution in [0, 0.1) is 0 Å². The number of pyridine rings is 1. The van der Waals surface area contributed by atoms with Crippen molar-refractivity contribution in [3.05, 3.63) is 83.6 Å². The monoisotopic (exact) mass is 481 g/mol. The summed E-state index contributed by atoms with van der Waals surface area (Å²) in [5.74, 6) is 7.90. The Labute approximate surface area is 195 Å². The average Bonchev–Trinajstić information content (AvgIpc) is 2.99. The quantitative estimate of drug-likeness (QED) is 0.272. The summed E-state index contributed by atoms with van der Waals surface area (Å²) >= 11 is -1.92. The topological polar surface area (TPSA) is 12.9 Å². The zero-order chi connectivity index (χ0) is 22.8. The van der Waals surface area contributed by atoms with Crippen molar-refractivity contribution < 1.29 is 0 Å². The second kappa shape index (κ2) is 7.31. The SMILES string of the molecule is CC(C)c1cc(-c2nccc3c2C(C)(C)c2c[c]([Ge]([CH3])([CH3])[CH3])ccc2-3)cc2ccccc12. The molecule has 0 radical (unpaired) electrons. The molecule has 1 aliphatic carbocycles. The van der Waals surface area contributed by atoms with Crippen LogP contribution in [-0.2, 0) is 5.41 Å². The van der Waals surface area contributed by atoms with Crippen LogP contribution in [0.3, 0.4) is 0 Å². The van der Waals surface area contributed by atoms with Crippen molar-refractivity contribution in [1.82, 2.24) is 4.98 Å². The number of nitrogens with zero attached hydrogens (tertiary/aromatic N) is 1. The van der Waals surface area contributed by atoms with Crippen molar-refractivity contribution in [3.63, 3.8) is 0 Å². The fourth-order valence-electron chi connectivity index (χ4n) is 5.39. The van der Waals surface area contributed by atoms with Gasteiger partial charge in [-0.3, -0.25) is 0 Å². The molecule has 0 spiro atoms. The van der Waals surface area contributed by atoms with Crippen molar-refractivity contribution in [2.75, 3.05) is 0 Å². The standard InChI is InChI=1S/C30H33GeN/c1-19(2)26-17-21(16-20-10-8-9-11-23(20)26)29-28-25(14-15-32-29)24-13-12-22(31(5,6)7)18-27(24)30(28,3)4/h8-19H,1-7H3. The minimum atomic E-state index is -1.92. The Morgan fingerprint density at radius 2 is 1.59 bits per heavy atom. The van der Waals surface area contributed by atoms with E-state index in [1.165, 1.54) is 44.2 Å². The van der Waals surface area contributed by atoms with Gasteiger partial charge >= 0.3 is 196 Å². The van der Waals surface area contributed by atoms with E-state index in [0.717, 1.165) is 5.69 Å². The molecule has 0 unspecified atom stereocenters. The Bertz CT molecular complexity index is 1360. The van der Waals surface area contributed by atoms with Crippen molar-refractivity contribution in [3.8, 4) is 22.4 Å². The Balaban J connectivity index is 1.77. The zero-order valence-electron chi connectivity index (χ0n) is 20.4. The molecule has 3 aromatic carbocycles. The van der Waals surface area contributed by atoms with Crippen LogP contribution in [-0.4, -0.2) is 18.3 Å². The van der Waals surface area contributed by atoms with Crippen LogP contribution in [0.4, 0.5) is 0 Å². The van der Waals surface area contributed by atoms with Crippen molar-refractivity contribution in [1.29, 1.82) is 0 Å². The third-order valence-corrected chi connectivity index (χ3v) is 11.5. The van der Waals surface area contributed by atoms with E-state index in [0.29, 0.717) is 5.92 Å². The molecule has 2 heteroatoms. The average molecular weight is 480 g/mol. The van der Waals surface area contributed by atoms with Gasteiger partial charge in [0, 0.05) is 0 Å². The van der Waals surface area contributed by atoms with Gasteiger partial charge in [-0.1, -0.05) is 0 Å². The first-order valence-electron chi connectivity index (χ1n) is 11.8. The van der Waals surface area contributed by atoms with E-state index in [4.69, 9.17) is 4.98 Å². The normalized spacial score (nSPS) is 14.6. The first-order chi connectivity index (χ1) is 15.1. The third-order valence-electron chi connectivity index (χ3n) is 7.21. The maximum atomic E-state index is 4.99. The predicted molar refractivity (Wildman–Crippen MR) is 142 cm³/mol. The molecule has 0 bridgehead atoms. The van der Waals surface area contributed by atoms with Gasteiger partial charge in [-0.05, 0) is 0 Å². The van der Waals surface area contributed by atoms with Gasteiger partial charge in [0.1, 0.15) is 0 Å². The van der Waals surface area contributed by atoms with Crippen LogP contribution in [0.25, 0.3) is 33.2 Å². The molecule has 1 aromatic heterocycles. The summed E-state index contributed by atoms with van der Waals surface area (Å²) in [6, 6.07) is 23.0. The van der Waals surface area contributed by atoms with E-state index in [-0.39, 0.29) is 5.41 Å². The fourth-order valence-corrected chi connectivity index (χ4v) is 7.83.